The quantitative estimate of drug-likeness (QED) is 0.572. The van der Waals surface area contributed by atoms with Crippen LogP contribution in [0.25, 0.3) is 6.08 Å². The SMILES string of the molecule is CCCOc1cccc(C2C(C(=O)C=Cc3ccccc3)=C(O)C(=O)N2CCN(C)C)c1. The normalized spacial score (nSPS) is 16.4. The van der Waals surface area contributed by atoms with Gasteiger partial charge in [-0.1, -0.05) is 55.5 Å². The lowest BCUT2D eigenvalue weighted by atomic mass is 9.95. The Bertz CT molecular complexity index is 1010. The number of hydrogen-bond donors (Lipinski definition) is 1. The molecule has 0 saturated heterocycles. The summed E-state index contributed by atoms with van der Waals surface area (Å²) in [5, 5.41) is 10.7. The smallest absolute Gasteiger partial charge is 0.290 e. The lowest BCUT2D eigenvalue weighted by Gasteiger charge is -2.28. The highest BCUT2D eigenvalue weighted by molar-refractivity contribution is 6.14. The highest BCUT2D eigenvalue weighted by atomic mass is 16.5. The molecule has 0 bridgehead atoms. The van der Waals surface area contributed by atoms with Gasteiger partial charge in [0.15, 0.2) is 11.5 Å². The fourth-order valence-electron chi connectivity index (χ4n) is 3.61. The zero-order valence-electron chi connectivity index (χ0n) is 18.8. The van der Waals surface area contributed by atoms with Crippen molar-refractivity contribution in [3.8, 4) is 5.75 Å². The Hall–Kier alpha value is -3.38. The molecule has 168 valence electrons. The second-order valence-corrected chi connectivity index (χ2v) is 8.00. The van der Waals surface area contributed by atoms with Gasteiger partial charge in [-0.15, -0.1) is 0 Å². The van der Waals surface area contributed by atoms with Gasteiger partial charge in [-0.2, -0.15) is 0 Å². The van der Waals surface area contributed by atoms with Crippen molar-refractivity contribution in [2.24, 2.45) is 0 Å². The molecule has 6 heteroatoms. The van der Waals surface area contributed by atoms with Gasteiger partial charge >= 0.3 is 0 Å². The number of carbonyl (C=O) groups is 2. The Kier molecular flexibility index (Phi) is 7.84. The van der Waals surface area contributed by atoms with Crippen molar-refractivity contribution >= 4 is 17.8 Å². The highest BCUT2D eigenvalue weighted by Crippen LogP contribution is 2.38. The topological polar surface area (TPSA) is 70.1 Å². The molecule has 1 atom stereocenters. The van der Waals surface area contributed by atoms with Gasteiger partial charge in [-0.3, -0.25) is 9.59 Å². The molecule has 0 aliphatic carbocycles. The van der Waals surface area contributed by atoms with Crippen molar-refractivity contribution < 1.29 is 19.4 Å². The molecule has 1 amide bonds. The maximum Gasteiger partial charge on any atom is 0.290 e. The van der Waals surface area contributed by atoms with E-state index in [1.165, 1.54) is 6.08 Å². The van der Waals surface area contributed by atoms with Crippen LogP contribution in [0.15, 0.2) is 72.0 Å². The van der Waals surface area contributed by atoms with Crippen LogP contribution in [0.3, 0.4) is 0 Å². The largest absolute Gasteiger partial charge is 0.503 e. The number of rotatable bonds is 10. The number of hydrogen-bond acceptors (Lipinski definition) is 5. The first-order valence-electron chi connectivity index (χ1n) is 10.8. The summed E-state index contributed by atoms with van der Waals surface area (Å²) < 4.78 is 5.75. The summed E-state index contributed by atoms with van der Waals surface area (Å²) >= 11 is 0. The van der Waals surface area contributed by atoms with E-state index in [1.54, 1.807) is 11.0 Å². The summed E-state index contributed by atoms with van der Waals surface area (Å²) in [6.07, 6.45) is 3.97. The second-order valence-electron chi connectivity index (χ2n) is 8.00. The first-order chi connectivity index (χ1) is 15.4. The van der Waals surface area contributed by atoms with Crippen molar-refractivity contribution in [3.05, 3.63) is 83.1 Å². The fourth-order valence-corrected chi connectivity index (χ4v) is 3.61. The summed E-state index contributed by atoms with van der Waals surface area (Å²) in [7, 11) is 3.83. The molecule has 0 fully saturated rings. The van der Waals surface area contributed by atoms with Crippen LogP contribution in [0.4, 0.5) is 0 Å². The summed E-state index contributed by atoms with van der Waals surface area (Å²) in [5.41, 5.74) is 1.68. The minimum atomic E-state index is -0.680. The van der Waals surface area contributed by atoms with Crippen molar-refractivity contribution in [1.82, 2.24) is 9.80 Å². The number of ether oxygens (including phenoxy) is 1. The van der Waals surface area contributed by atoms with Gasteiger partial charge in [-0.05, 0) is 49.9 Å². The molecule has 0 aromatic heterocycles. The maximum atomic E-state index is 13.2. The van der Waals surface area contributed by atoms with Gasteiger partial charge in [0.25, 0.3) is 5.91 Å². The molecule has 1 heterocycles. The number of nitrogens with zero attached hydrogens (tertiary/aromatic N) is 2. The molecule has 0 spiro atoms. The van der Waals surface area contributed by atoms with Crippen LogP contribution in [0, 0.1) is 0 Å². The Balaban J connectivity index is 1.97. The molecule has 1 N–H and O–H groups in total. The van der Waals surface area contributed by atoms with Crippen LogP contribution in [0.2, 0.25) is 0 Å². The number of carbonyl (C=O) groups excluding carboxylic acids is 2. The Labute approximate surface area is 189 Å². The van der Waals surface area contributed by atoms with E-state index in [1.807, 2.05) is 80.5 Å². The molecule has 32 heavy (non-hydrogen) atoms. The first-order valence-corrected chi connectivity index (χ1v) is 10.8. The highest BCUT2D eigenvalue weighted by Gasteiger charge is 2.42. The van der Waals surface area contributed by atoms with Crippen LogP contribution in [0.1, 0.15) is 30.5 Å². The lowest BCUT2D eigenvalue weighted by molar-refractivity contribution is -0.129. The number of aliphatic hydroxyl groups excluding tert-OH is 1. The predicted octanol–water partition coefficient (Wildman–Crippen LogP) is 4.01. The average Bonchev–Trinajstić information content (AvgIpc) is 3.05. The van der Waals surface area contributed by atoms with Crippen LogP contribution in [-0.4, -0.2) is 60.4 Å². The van der Waals surface area contributed by atoms with Crippen LogP contribution in [-0.2, 0) is 9.59 Å². The van der Waals surface area contributed by atoms with E-state index in [0.29, 0.717) is 25.4 Å². The van der Waals surface area contributed by atoms with E-state index in [9.17, 15) is 14.7 Å². The van der Waals surface area contributed by atoms with Gasteiger partial charge < -0.3 is 19.6 Å². The van der Waals surface area contributed by atoms with Gasteiger partial charge in [0.05, 0.1) is 18.2 Å². The fraction of sp³-hybridized carbons (Fsp3) is 0.308. The molecule has 2 aromatic carbocycles. The minimum absolute atomic E-state index is 0.0913. The number of allylic oxidation sites excluding steroid dienone is 1. The number of benzene rings is 2. The predicted molar refractivity (Wildman–Crippen MR) is 125 cm³/mol. The van der Waals surface area contributed by atoms with Crippen LogP contribution < -0.4 is 4.74 Å². The summed E-state index contributed by atoms with van der Waals surface area (Å²) in [5.74, 6) is -0.746. The first kappa shape index (κ1) is 23.3. The molecule has 1 aliphatic rings. The Morgan fingerprint density at radius 2 is 1.91 bits per heavy atom. The third-order valence-electron chi connectivity index (χ3n) is 5.23. The van der Waals surface area contributed by atoms with E-state index in [4.69, 9.17) is 4.74 Å². The van der Waals surface area contributed by atoms with Crippen molar-refractivity contribution in [3.63, 3.8) is 0 Å². The van der Waals surface area contributed by atoms with Crippen LogP contribution in [0.5, 0.6) is 5.75 Å². The van der Waals surface area contributed by atoms with E-state index in [-0.39, 0.29) is 5.57 Å². The van der Waals surface area contributed by atoms with Gasteiger partial charge in [0.2, 0.25) is 0 Å². The number of ketones is 1. The molecule has 1 unspecified atom stereocenters. The molecule has 2 aromatic rings. The zero-order valence-corrected chi connectivity index (χ0v) is 18.8. The van der Waals surface area contributed by atoms with E-state index < -0.39 is 23.5 Å². The van der Waals surface area contributed by atoms with Gasteiger partial charge in [0, 0.05) is 13.1 Å². The summed E-state index contributed by atoms with van der Waals surface area (Å²) in [4.78, 5) is 29.6. The third kappa shape index (κ3) is 5.45. The zero-order chi connectivity index (χ0) is 23.1. The average molecular weight is 435 g/mol. The molecule has 0 saturated carbocycles. The number of likely N-dealkylation sites (N-methyl/N-ethyl adjacent to an activating group) is 1. The summed E-state index contributed by atoms with van der Waals surface area (Å²) in [6, 6.07) is 16.1. The van der Waals surface area contributed by atoms with E-state index in [0.717, 1.165) is 17.5 Å². The number of amides is 1. The van der Waals surface area contributed by atoms with Crippen molar-refractivity contribution in [2.45, 2.75) is 19.4 Å². The molecule has 1 aliphatic heterocycles. The van der Waals surface area contributed by atoms with E-state index in [2.05, 4.69) is 0 Å². The van der Waals surface area contributed by atoms with E-state index >= 15 is 0 Å². The maximum absolute atomic E-state index is 13.2. The van der Waals surface area contributed by atoms with Crippen molar-refractivity contribution in [1.29, 1.82) is 0 Å². The summed E-state index contributed by atoms with van der Waals surface area (Å²) in [6.45, 7) is 3.58. The third-order valence-corrected chi connectivity index (χ3v) is 5.23. The molecule has 6 nitrogen and oxygen atoms in total. The monoisotopic (exact) mass is 434 g/mol. The molecule has 3 rings (SSSR count). The lowest BCUT2D eigenvalue weighted by Crippen LogP contribution is -2.36. The standard InChI is InChI=1S/C26H30N2O4/c1-4-17-32-21-12-8-11-20(18-21)24-23(22(29)14-13-19-9-6-5-7-10-19)25(30)26(31)28(24)16-15-27(2)3/h5-14,18,24,30H,4,15-17H2,1-3H3. The van der Waals surface area contributed by atoms with Gasteiger partial charge in [-0.25, -0.2) is 0 Å². The second kappa shape index (κ2) is 10.8. The Morgan fingerprint density at radius 1 is 1.16 bits per heavy atom. The number of aliphatic hydroxyl groups is 1. The Morgan fingerprint density at radius 3 is 2.59 bits per heavy atom. The molecular weight excluding hydrogens is 404 g/mol. The van der Waals surface area contributed by atoms with Crippen LogP contribution >= 0.6 is 0 Å². The van der Waals surface area contributed by atoms with Gasteiger partial charge in [0.1, 0.15) is 5.75 Å². The molecular formula is C26H30N2O4. The van der Waals surface area contributed by atoms with Crippen molar-refractivity contribution in [2.75, 3.05) is 33.8 Å². The minimum Gasteiger partial charge on any atom is -0.503 e. The molecule has 0 radical (unpaired) electrons.